The zero-order valence-corrected chi connectivity index (χ0v) is 28.6. The molecule has 2 aromatic carbocycles. The largest absolute Gasteiger partial charge is 0.462 e. The summed E-state index contributed by atoms with van der Waals surface area (Å²) in [5.74, 6) is -1.42. The fourth-order valence-corrected chi connectivity index (χ4v) is 17.5. The molecule has 0 aliphatic carbocycles. The summed E-state index contributed by atoms with van der Waals surface area (Å²) < 4.78 is 24.1. The summed E-state index contributed by atoms with van der Waals surface area (Å²) in [5, 5.41) is 0. The van der Waals surface area contributed by atoms with Gasteiger partial charge in [-0.3, -0.25) is 0 Å². The first-order chi connectivity index (χ1) is 18.6. The molecule has 0 amide bonds. The zero-order chi connectivity index (χ0) is 30.0. The highest BCUT2D eigenvalue weighted by Gasteiger charge is 2.41. The maximum atomic E-state index is 13.2. The average Bonchev–Trinajstić information content (AvgIpc) is 2.84. The van der Waals surface area contributed by atoms with E-state index in [1.807, 2.05) is 67.6 Å². The number of allylic oxidation sites excluding steroid dienone is 2. The summed E-state index contributed by atoms with van der Waals surface area (Å²) >= 11 is 0. The van der Waals surface area contributed by atoms with Crippen LogP contribution in [0, 0.1) is 5.92 Å². The molecule has 0 aromatic heterocycles. The van der Waals surface area contributed by atoms with Crippen LogP contribution < -0.4 is 0 Å². The van der Waals surface area contributed by atoms with E-state index in [0.717, 1.165) is 16.7 Å². The number of hydrogen-bond donors (Lipinski definition) is 0. The van der Waals surface area contributed by atoms with Crippen molar-refractivity contribution in [1.29, 1.82) is 0 Å². The Bertz CT molecular complexity index is 1110. The van der Waals surface area contributed by atoms with Crippen LogP contribution in [0.4, 0.5) is 0 Å². The molecule has 0 saturated carbocycles. The average molecular weight is 599 g/mol. The van der Waals surface area contributed by atoms with E-state index in [2.05, 4.69) is 45.8 Å². The number of carbonyl (C=O) groups excluding carboxylic acids is 2. The second-order valence-corrected chi connectivity index (χ2v) is 24.8. The van der Waals surface area contributed by atoms with Crippen molar-refractivity contribution in [3.8, 4) is 0 Å². The van der Waals surface area contributed by atoms with Crippen LogP contribution in [-0.2, 0) is 27.3 Å². The third-order valence-electron chi connectivity index (χ3n) is 5.56. The van der Waals surface area contributed by atoms with Crippen LogP contribution in [0.15, 0.2) is 78.4 Å². The van der Waals surface area contributed by atoms with E-state index in [9.17, 15) is 9.59 Å². The molecule has 2 aromatic rings. The maximum Gasteiger partial charge on any atom is 0.345 e. The van der Waals surface area contributed by atoms with Gasteiger partial charge in [-0.1, -0.05) is 73.7 Å². The molecule has 9 heteroatoms. The van der Waals surface area contributed by atoms with Gasteiger partial charge in [0.05, 0.1) is 13.2 Å². The predicted octanol–water partition coefficient (Wildman–Crippen LogP) is 7.56. The lowest BCUT2D eigenvalue weighted by Crippen LogP contribution is -2.53. The van der Waals surface area contributed by atoms with E-state index in [1.54, 1.807) is 13.0 Å². The zero-order valence-electron chi connectivity index (χ0n) is 25.6. The van der Waals surface area contributed by atoms with E-state index in [0.29, 0.717) is 6.04 Å². The van der Waals surface area contributed by atoms with E-state index in [-0.39, 0.29) is 24.7 Å². The van der Waals surface area contributed by atoms with Crippen molar-refractivity contribution in [2.24, 2.45) is 5.92 Å². The van der Waals surface area contributed by atoms with Gasteiger partial charge in [0.1, 0.15) is 5.57 Å². The van der Waals surface area contributed by atoms with E-state index < -0.39 is 37.1 Å². The topological polar surface area (TPSA) is 71.1 Å². The molecule has 0 fully saturated rings. The first-order valence-electron chi connectivity index (χ1n) is 13.9. The van der Waals surface area contributed by atoms with Crippen LogP contribution in [0.25, 0.3) is 5.57 Å². The van der Waals surface area contributed by atoms with Gasteiger partial charge in [0, 0.05) is 0 Å². The van der Waals surface area contributed by atoms with Crippen LogP contribution in [0.2, 0.25) is 51.9 Å². The minimum atomic E-state index is -2.51. The van der Waals surface area contributed by atoms with E-state index in [4.69, 9.17) is 17.7 Å². The molecule has 0 aliphatic heterocycles. The molecule has 1 unspecified atom stereocenters. The third-order valence-corrected chi connectivity index (χ3v) is 15.4. The van der Waals surface area contributed by atoms with Gasteiger partial charge in [0.25, 0.3) is 0 Å². The third kappa shape index (κ3) is 11.9. The second-order valence-electron chi connectivity index (χ2n) is 12.1. The predicted molar refractivity (Wildman–Crippen MR) is 170 cm³/mol. The Morgan fingerprint density at radius 1 is 0.725 bits per heavy atom. The minimum absolute atomic E-state index is 0.00324. The molecule has 6 nitrogen and oxygen atoms in total. The van der Waals surface area contributed by atoms with Crippen LogP contribution in [0.1, 0.15) is 25.0 Å². The molecular weight excluding hydrogens is 553 g/mol. The van der Waals surface area contributed by atoms with Gasteiger partial charge in [-0.15, -0.1) is 0 Å². The fraction of sp³-hybridized carbons (Fsp3) is 0.419. The first kappa shape index (κ1) is 33.6. The van der Waals surface area contributed by atoms with Gasteiger partial charge in [-0.05, 0) is 87.5 Å². The summed E-state index contributed by atoms with van der Waals surface area (Å²) in [6.07, 6.45) is 3.27. The summed E-state index contributed by atoms with van der Waals surface area (Å²) in [5.41, 5.74) is 2.65. The van der Waals surface area contributed by atoms with Crippen molar-refractivity contribution in [1.82, 2.24) is 0 Å². The first-order valence-corrected chi connectivity index (χ1v) is 23.2. The molecule has 0 aliphatic rings. The van der Waals surface area contributed by atoms with Crippen molar-refractivity contribution in [2.75, 3.05) is 13.2 Å². The highest BCUT2D eigenvalue weighted by Crippen LogP contribution is 2.28. The van der Waals surface area contributed by atoms with E-state index in [1.165, 1.54) is 6.08 Å². The highest BCUT2D eigenvalue weighted by atomic mass is 28.5. The van der Waals surface area contributed by atoms with Gasteiger partial charge >= 0.3 is 20.5 Å². The van der Waals surface area contributed by atoms with Gasteiger partial charge in [0.2, 0.25) is 0 Å². The summed E-state index contributed by atoms with van der Waals surface area (Å²) in [7, 11) is -6.20. The van der Waals surface area contributed by atoms with Crippen LogP contribution in [-0.4, -0.2) is 50.3 Å². The number of carbonyl (C=O) groups is 2. The molecule has 40 heavy (non-hydrogen) atoms. The van der Waals surface area contributed by atoms with Gasteiger partial charge < -0.3 is 17.7 Å². The van der Waals surface area contributed by atoms with Crippen LogP contribution in [0.5, 0.6) is 0 Å². The van der Waals surface area contributed by atoms with Crippen LogP contribution in [0.3, 0.4) is 0 Å². The highest BCUT2D eigenvalue weighted by molar-refractivity contribution is 6.87. The lowest BCUT2D eigenvalue weighted by Gasteiger charge is -2.39. The van der Waals surface area contributed by atoms with Crippen LogP contribution >= 0.6 is 0 Å². The molecule has 2 rings (SSSR count). The molecule has 0 N–H and O–H groups in total. The van der Waals surface area contributed by atoms with Gasteiger partial charge in [0.15, 0.2) is 16.6 Å². The molecule has 1 atom stereocenters. The fourth-order valence-electron chi connectivity index (χ4n) is 4.58. The molecular formula is C31H46O6Si3. The molecule has 0 heterocycles. The number of esters is 2. The molecule has 218 valence electrons. The van der Waals surface area contributed by atoms with E-state index >= 15 is 0 Å². The summed E-state index contributed by atoms with van der Waals surface area (Å²) in [6.45, 7) is 19.1. The van der Waals surface area contributed by atoms with Crippen molar-refractivity contribution >= 4 is 42.7 Å². The Morgan fingerprint density at radius 3 is 1.60 bits per heavy atom. The number of hydrogen-bond acceptors (Lipinski definition) is 6. The molecule has 0 saturated heterocycles. The Morgan fingerprint density at radius 2 is 1.18 bits per heavy atom. The lowest BCUT2D eigenvalue weighted by molar-refractivity contribution is -0.147. The number of ether oxygens (including phenoxy) is 2. The lowest BCUT2D eigenvalue weighted by atomic mass is 9.97. The minimum Gasteiger partial charge on any atom is -0.462 e. The van der Waals surface area contributed by atoms with Crippen molar-refractivity contribution in [3.63, 3.8) is 0 Å². The monoisotopic (exact) mass is 598 g/mol. The van der Waals surface area contributed by atoms with Gasteiger partial charge in [-0.25, -0.2) is 9.59 Å². The Hall–Kier alpha value is -2.57. The standard InChI is InChI=1S/C31H46O6Si3/c1-10-34-30(32)29(22-21-28(26-17-13-11-14-18-26)27-19-15-12-16-20-27)31(33)35-23-25(2)24-40(9,36-38(3,4)5)37-39(6,7)8/h11-22,25H,10,23-24H2,1-9H3. The second kappa shape index (κ2) is 14.9. The molecule has 0 radical (unpaired) electrons. The molecule has 0 spiro atoms. The van der Waals surface area contributed by atoms with Crippen molar-refractivity contribution in [3.05, 3.63) is 89.5 Å². The molecule has 0 bridgehead atoms. The Labute approximate surface area is 243 Å². The summed E-state index contributed by atoms with van der Waals surface area (Å²) in [6, 6.07) is 20.3. The number of rotatable bonds is 14. The summed E-state index contributed by atoms with van der Waals surface area (Å²) in [4.78, 5) is 26.0. The Balaban J connectivity index is 2.30. The smallest absolute Gasteiger partial charge is 0.345 e. The Kier molecular flexibility index (Phi) is 12.5. The normalized spacial score (nSPS) is 13.4. The maximum absolute atomic E-state index is 13.2. The SMILES string of the molecule is CCOC(=O)C(=CC=C(c1ccccc1)c1ccccc1)C(=O)OCC(C)C[Si](C)(O[Si](C)(C)C)O[Si](C)(C)C. The quantitative estimate of drug-likeness (QED) is 0.0558. The number of benzene rings is 2. The van der Waals surface area contributed by atoms with Gasteiger partial charge in [-0.2, -0.15) is 0 Å². The van der Waals surface area contributed by atoms with Crippen molar-refractivity contribution < 1.29 is 27.3 Å². The van der Waals surface area contributed by atoms with Crippen molar-refractivity contribution in [2.45, 2.75) is 65.7 Å².